The van der Waals surface area contributed by atoms with Gasteiger partial charge in [0.25, 0.3) is 0 Å². The highest BCUT2D eigenvalue weighted by Gasteiger charge is 2.26. The Labute approximate surface area is 101 Å². The van der Waals surface area contributed by atoms with Gasteiger partial charge in [-0.25, -0.2) is 0 Å². The summed E-state index contributed by atoms with van der Waals surface area (Å²) >= 11 is 0. The Morgan fingerprint density at radius 3 is 2.88 bits per heavy atom. The lowest BCUT2D eigenvalue weighted by Crippen LogP contribution is -2.33. The third-order valence-electron chi connectivity index (χ3n) is 3.36. The van der Waals surface area contributed by atoms with Crippen molar-refractivity contribution >= 4 is 5.91 Å². The Kier molecular flexibility index (Phi) is 3.47. The zero-order valence-corrected chi connectivity index (χ0v) is 10.6. The van der Waals surface area contributed by atoms with E-state index in [1.807, 2.05) is 20.9 Å². The van der Waals surface area contributed by atoms with E-state index in [4.69, 9.17) is 4.52 Å². The summed E-state index contributed by atoms with van der Waals surface area (Å²) in [5, 5.41) is 7.11. The van der Waals surface area contributed by atoms with Gasteiger partial charge in [0.05, 0.1) is 18.2 Å². The first kappa shape index (κ1) is 12.1. The van der Waals surface area contributed by atoms with Crippen LogP contribution in [0.3, 0.4) is 0 Å². The third kappa shape index (κ3) is 2.49. The molecule has 0 aromatic carbocycles. The van der Waals surface area contributed by atoms with Gasteiger partial charge in [-0.2, -0.15) is 0 Å². The van der Waals surface area contributed by atoms with E-state index in [2.05, 4.69) is 10.5 Å². The minimum atomic E-state index is 0.125. The lowest BCUT2D eigenvalue weighted by atomic mass is 10.1. The number of nitrogens with one attached hydrogen (secondary N) is 1. The second-order valence-corrected chi connectivity index (χ2v) is 4.69. The molecule has 5 heteroatoms. The van der Waals surface area contributed by atoms with Gasteiger partial charge >= 0.3 is 0 Å². The van der Waals surface area contributed by atoms with Gasteiger partial charge in [-0.1, -0.05) is 5.16 Å². The van der Waals surface area contributed by atoms with Crippen molar-refractivity contribution in [3.8, 4) is 0 Å². The Morgan fingerprint density at radius 1 is 1.59 bits per heavy atom. The van der Waals surface area contributed by atoms with Crippen LogP contribution in [0.1, 0.15) is 23.4 Å². The Balaban J connectivity index is 2.01. The van der Waals surface area contributed by atoms with Gasteiger partial charge in [-0.3, -0.25) is 4.79 Å². The van der Waals surface area contributed by atoms with Gasteiger partial charge in [0.2, 0.25) is 5.91 Å². The van der Waals surface area contributed by atoms with E-state index in [1.165, 1.54) is 0 Å². The molecule has 94 valence electrons. The first-order chi connectivity index (χ1) is 8.09. The predicted molar refractivity (Wildman–Crippen MR) is 63.4 cm³/mol. The second-order valence-electron chi connectivity index (χ2n) is 4.69. The molecule has 0 radical (unpaired) electrons. The first-order valence-corrected chi connectivity index (χ1v) is 5.97. The van der Waals surface area contributed by atoms with Crippen LogP contribution >= 0.6 is 0 Å². The minimum absolute atomic E-state index is 0.125. The molecule has 0 saturated carbocycles. The Bertz CT molecular complexity index is 388. The van der Waals surface area contributed by atoms with Gasteiger partial charge in [0, 0.05) is 19.2 Å². The quantitative estimate of drug-likeness (QED) is 0.847. The molecular weight excluding hydrogens is 218 g/mol. The van der Waals surface area contributed by atoms with Crippen molar-refractivity contribution in [2.75, 3.05) is 20.1 Å². The number of hydrogen-bond acceptors (Lipinski definition) is 4. The molecule has 1 atom stereocenters. The van der Waals surface area contributed by atoms with Gasteiger partial charge in [0.15, 0.2) is 0 Å². The maximum absolute atomic E-state index is 12.1. The monoisotopic (exact) mass is 237 g/mol. The molecule has 1 aromatic heterocycles. The average Bonchev–Trinajstić information content (AvgIpc) is 2.93. The van der Waals surface area contributed by atoms with E-state index in [9.17, 15) is 4.79 Å². The highest BCUT2D eigenvalue weighted by Crippen LogP contribution is 2.17. The van der Waals surface area contributed by atoms with Gasteiger partial charge in [-0.15, -0.1) is 0 Å². The van der Waals surface area contributed by atoms with Crippen LogP contribution in [0, 0.1) is 19.8 Å². The lowest BCUT2D eigenvalue weighted by Gasteiger charge is -2.20. The summed E-state index contributed by atoms with van der Waals surface area (Å²) in [5.74, 6) is 1.13. The molecule has 1 aromatic rings. The van der Waals surface area contributed by atoms with Gasteiger partial charge in [-0.05, 0) is 26.8 Å². The number of aromatic nitrogens is 1. The summed E-state index contributed by atoms with van der Waals surface area (Å²) in [6, 6.07) is 0. The van der Waals surface area contributed by atoms with Crippen LogP contribution in [0.25, 0.3) is 0 Å². The van der Waals surface area contributed by atoms with Crippen molar-refractivity contribution in [1.29, 1.82) is 0 Å². The van der Waals surface area contributed by atoms with Crippen molar-refractivity contribution in [3.05, 3.63) is 17.0 Å². The van der Waals surface area contributed by atoms with E-state index in [-0.39, 0.29) is 11.8 Å². The van der Waals surface area contributed by atoms with Crippen molar-refractivity contribution in [2.24, 2.45) is 5.92 Å². The molecular formula is C12H19N3O2. The highest BCUT2D eigenvalue weighted by atomic mass is 16.5. The first-order valence-electron chi connectivity index (χ1n) is 5.97. The number of carbonyl (C=O) groups is 1. The Morgan fingerprint density at radius 2 is 2.35 bits per heavy atom. The maximum atomic E-state index is 12.1. The topological polar surface area (TPSA) is 58.4 Å². The molecule has 1 aliphatic rings. The highest BCUT2D eigenvalue weighted by molar-refractivity contribution is 5.79. The molecule has 0 bridgehead atoms. The van der Waals surface area contributed by atoms with E-state index in [1.54, 1.807) is 4.90 Å². The van der Waals surface area contributed by atoms with Crippen molar-refractivity contribution in [2.45, 2.75) is 26.8 Å². The second kappa shape index (κ2) is 4.87. The number of hydrogen-bond donors (Lipinski definition) is 1. The number of amides is 1. The molecule has 0 unspecified atom stereocenters. The van der Waals surface area contributed by atoms with Crippen LogP contribution in [0.15, 0.2) is 4.52 Å². The van der Waals surface area contributed by atoms with Crippen LogP contribution in [0.5, 0.6) is 0 Å². The van der Waals surface area contributed by atoms with E-state index in [0.717, 1.165) is 36.5 Å². The number of nitrogens with zero attached hydrogens (tertiary/aromatic N) is 2. The molecule has 1 saturated heterocycles. The SMILES string of the molecule is Cc1noc(C)c1CN(C)C(=O)[C@H]1CCNC1. The number of carbonyl (C=O) groups excluding carboxylic acids is 1. The van der Waals surface area contributed by atoms with Gasteiger partial charge < -0.3 is 14.7 Å². The Hall–Kier alpha value is -1.36. The molecule has 0 aliphatic carbocycles. The summed E-state index contributed by atoms with van der Waals surface area (Å²) in [7, 11) is 1.84. The summed E-state index contributed by atoms with van der Waals surface area (Å²) in [5.41, 5.74) is 1.89. The predicted octanol–water partition coefficient (Wildman–Crippen LogP) is 0.859. The summed E-state index contributed by atoms with van der Waals surface area (Å²) in [6.45, 7) is 6.10. The fourth-order valence-electron chi connectivity index (χ4n) is 2.22. The summed E-state index contributed by atoms with van der Waals surface area (Å²) in [6.07, 6.45) is 0.935. The molecule has 0 spiro atoms. The molecule has 5 nitrogen and oxygen atoms in total. The fraction of sp³-hybridized carbons (Fsp3) is 0.667. The number of rotatable bonds is 3. The van der Waals surface area contributed by atoms with Crippen molar-refractivity contribution in [1.82, 2.24) is 15.4 Å². The van der Waals surface area contributed by atoms with E-state index >= 15 is 0 Å². The van der Waals surface area contributed by atoms with Crippen molar-refractivity contribution < 1.29 is 9.32 Å². The normalized spacial score (nSPS) is 19.6. The molecule has 2 heterocycles. The fourth-order valence-corrected chi connectivity index (χ4v) is 2.22. The average molecular weight is 237 g/mol. The molecule has 17 heavy (non-hydrogen) atoms. The van der Waals surface area contributed by atoms with Crippen LogP contribution in [-0.2, 0) is 11.3 Å². The standard InChI is InChI=1S/C12H19N3O2/c1-8-11(9(2)17-14-8)7-15(3)12(16)10-4-5-13-6-10/h10,13H,4-7H2,1-3H3/t10-/m0/s1. The largest absolute Gasteiger partial charge is 0.361 e. The summed E-state index contributed by atoms with van der Waals surface area (Å²) < 4.78 is 5.10. The van der Waals surface area contributed by atoms with Crippen molar-refractivity contribution in [3.63, 3.8) is 0 Å². The minimum Gasteiger partial charge on any atom is -0.361 e. The molecule has 2 rings (SSSR count). The van der Waals surface area contributed by atoms with Crippen LogP contribution in [0.2, 0.25) is 0 Å². The summed E-state index contributed by atoms with van der Waals surface area (Å²) in [4.78, 5) is 13.9. The third-order valence-corrected chi connectivity index (χ3v) is 3.36. The molecule has 1 fully saturated rings. The molecule has 1 aliphatic heterocycles. The van der Waals surface area contributed by atoms with Crippen LogP contribution < -0.4 is 5.32 Å². The molecule has 1 N–H and O–H groups in total. The van der Waals surface area contributed by atoms with Gasteiger partial charge in [0.1, 0.15) is 5.76 Å². The number of aryl methyl sites for hydroxylation is 2. The maximum Gasteiger partial charge on any atom is 0.227 e. The van der Waals surface area contributed by atoms with Crippen LogP contribution in [-0.4, -0.2) is 36.1 Å². The van der Waals surface area contributed by atoms with E-state index < -0.39 is 0 Å². The zero-order chi connectivity index (χ0) is 12.4. The lowest BCUT2D eigenvalue weighted by molar-refractivity contribution is -0.134. The molecule has 1 amide bonds. The smallest absolute Gasteiger partial charge is 0.227 e. The van der Waals surface area contributed by atoms with Crippen LogP contribution in [0.4, 0.5) is 0 Å². The van der Waals surface area contributed by atoms with E-state index in [0.29, 0.717) is 6.54 Å². The zero-order valence-electron chi connectivity index (χ0n) is 10.6.